The van der Waals surface area contributed by atoms with Crippen molar-refractivity contribution in [2.75, 3.05) is 5.32 Å². The topological polar surface area (TPSA) is 78.3 Å². The SMILES string of the molecule is Cc1ncnc2c1c(NCc1ccc(Oc3ccccc3)cc1)cc(=O)n2OCc1ccccc1. The average molecular weight is 465 g/mol. The number of rotatable bonds is 8. The number of para-hydroxylation sites is 1. The van der Waals surface area contributed by atoms with Gasteiger partial charge in [0.05, 0.1) is 16.8 Å². The summed E-state index contributed by atoms with van der Waals surface area (Å²) >= 11 is 0. The minimum absolute atomic E-state index is 0.253. The highest BCUT2D eigenvalue weighted by atomic mass is 16.7. The van der Waals surface area contributed by atoms with Crippen LogP contribution in [-0.4, -0.2) is 14.7 Å². The van der Waals surface area contributed by atoms with Crippen molar-refractivity contribution in [3.63, 3.8) is 0 Å². The molecule has 0 radical (unpaired) electrons. The highest BCUT2D eigenvalue weighted by Crippen LogP contribution is 2.24. The molecule has 0 spiro atoms. The molecule has 35 heavy (non-hydrogen) atoms. The van der Waals surface area contributed by atoms with E-state index < -0.39 is 0 Å². The number of hydrogen-bond acceptors (Lipinski definition) is 6. The average Bonchev–Trinajstić information content (AvgIpc) is 2.89. The van der Waals surface area contributed by atoms with Crippen LogP contribution >= 0.6 is 0 Å². The van der Waals surface area contributed by atoms with Crippen LogP contribution in [0.3, 0.4) is 0 Å². The standard InChI is InChI=1S/C28H24N4O3/c1-20-27-25(29-17-21-12-14-24(15-13-21)35-23-10-6-3-7-11-23)16-26(33)32(28(27)31-19-30-20)34-18-22-8-4-2-5-9-22/h2-16,19,29H,17-18H2,1H3. The predicted octanol–water partition coefficient (Wildman–Crippen LogP) is 5.13. The molecular formula is C28H24N4O3. The molecule has 0 aliphatic rings. The second-order valence-corrected chi connectivity index (χ2v) is 8.02. The van der Waals surface area contributed by atoms with Gasteiger partial charge in [-0.15, -0.1) is 4.73 Å². The molecule has 7 heteroatoms. The van der Waals surface area contributed by atoms with Gasteiger partial charge < -0.3 is 14.9 Å². The second kappa shape index (κ2) is 10.1. The van der Waals surface area contributed by atoms with Gasteiger partial charge in [0.15, 0.2) is 5.65 Å². The second-order valence-electron chi connectivity index (χ2n) is 8.02. The van der Waals surface area contributed by atoms with Crippen molar-refractivity contribution >= 4 is 16.7 Å². The summed E-state index contributed by atoms with van der Waals surface area (Å²) in [5.74, 6) is 1.54. The lowest BCUT2D eigenvalue weighted by Crippen LogP contribution is -2.28. The maximum Gasteiger partial charge on any atom is 0.287 e. The van der Waals surface area contributed by atoms with Gasteiger partial charge in [-0.05, 0) is 42.3 Å². The number of hydrogen-bond donors (Lipinski definition) is 1. The maximum atomic E-state index is 12.9. The largest absolute Gasteiger partial charge is 0.457 e. The summed E-state index contributed by atoms with van der Waals surface area (Å²) in [7, 11) is 0. The fourth-order valence-corrected chi connectivity index (χ4v) is 3.76. The predicted molar refractivity (Wildman–Crippen MR) is 136 cm³/mol. The Hall–Kier alpha value is -4.65. The Bertz CT molecular complexity index is 1480. The van der Waals surface area contributed by atoms with Crippen LogP contribution in [-0.2, 0) is 13.2 Å². The molecule has 5 rings (SSSR count). The third kappa shape index (κ3) is 5.14. The zero-order valence-corrected chi connectivity index (χ0v) is 19.2. The maximum absolute atomic E-state index is 12.9. The lowest BCUT2D eigenvalue weighted by atomic mass is 10.2. The lowest BCUT2D eigenvalue weighted by molar-refractivity contribution is 0.0979. The first-order valence-corrected chi connectivity index (χ1v) is 11.3. The number of aromatic nitrogens is 3. The third-order valence-electron chi connectivity index (χ3n) is 5.53. The summed E-state index contributed by atoms with van der Waals surface area (Å²) in [6, 6.07) is 28.7. The van der Waals surface area contributed by atoms with Gasteiger partial charge in [0.1, 0.15) is 24.4 Å². The Balaban J connectivity index is 1.35. The normalized spacial score (nSPS) is 10.8. The molecule has 0 saturated carbocycles. The Morgan fingerprint density at radius 2 is 1.51 bits per heavy atom. The number of nitrogens with one attached hydrogen (secondary N) is 1. The van der Waals surface area contributed by atoms with E-state index in [-0.39, 0.29) is 12.2 Å². The fourth-order valence-electron chi connectivity index (χ4n) is 3.76. The fraction of sp³-hybridized carbons (Fsp3) is 0.107. The number of pyridine rings is 1. The first kappa shape index (κ1) is 22.2. The van der Waals surface area contributed by atoms with Gasteiger partial charge >= 0.3 is 0 Å². The quantitative estimate of drug-likeness (QED) is 0.343. The Labute approximate surface area is 202 Å². The van der Waals surface area contributed by atoms with Gasteiger partial charge in [0.25, 0.3) is 5.56 Å². The van der Waals surface area contributed by atoms with Crippen molar-refractivity contribution in [3.8, 4) is 11.5 Å². The molecule has 0 atom stereocenters. The smallest absolute Gasteiger partial charge is 0.287 e. The minimum atomic E-state index is -0.305. The van der Waals surface area contributed by atoms with E-state index in [1.54, 1.807) is 0 Å². The van der Waals surface area contributed by atoms with Crippen LogP contribution in [0.25, 0.3) is 11.0 Å². The van der Waals surface area contributed by atoms with Crippen LogP contribution in [0.4, 0.5) is 5.69 Å². The van der Waals surface area contributed by atoms with Crippen LogP contribution in [0, 0.1) is 6.92 Å². The van der Waals surface area contributed by atoms with E-state index >= 15 is 0 Å². The molecule has 0 saturated heterocycles. The molecule has 0 fully saturated rings. The Morgan fingerprint density at radius 1 is 0.829 bits per heavy atom. The molecule has 0 unspecified atom stereocenters. The number of fused-ring (bicyclic) bond motifs is 1. The summed E-state index contributed by atoms with van der Waals surface area (Å²) in [5.41, 5.74) is 3.53. The zero-order valence-electron chi connectivity index (χ0n) is 19.2. The van der Waals surface area contributed by atoms with Crippen molar-refractivity contribution in [2.24, 2.45) is 0 Å². The summed E-state index contributed by atoms with van der Waals surface area (Å²) in [4.78, 5) is 27.5. The van der Waals surface area contributed by atoms with Crippen LogP contribution in [0.1, 0.15) is 16.8 Å². The summed E-state index contributed by atoms with van der Waals surface area (Å²) in [6.45, 7) is 2.66. The minimum Gasteiger partial charge on any atom is -0.457 e. The molecule has 0 aliphatic heterocycles. The van der Waals surface area contributed by atoms with Crippen LogP contribution in [0.2, 0.25) is 0 Å². The number of nitrogens with zero attached hydrogens (tertiary/aromatic N) is 3. The number of anilines is 1. The highest BCUT2D eigenvalue weighted by molar-refractivity contribution is 5.90. The molecular weight excluding hydrogens is 440 g/mol. The highest BCUT2D eigenvalue weighted by Gasteiger charge is 2.14. The van der Waals surface area contributed by atoms with E-state index in [1.165, 1.54) is 17.1 Å². The molecule has 2 aromatic heterocycles. The number of benzene rings is 3. The first-order valence-electron chi connectivity index (χ1n) is 11.3. The summed E-state index contributed by atoms with van der Waals surface area (Å²) in [5, 5.41) is 4.11. The van der Waals surface area contributed by atoms with Crippen LogP contribution < -0.4 is 20.5 Å². The summed E-state index contributed by atoms with van der Waals surface area (Å²) in [6.07, 6.45) is 1.44. The van der Waals surface area contributed by atoms with E-state index in [1.807, 2.05) is 91.9 Å². The van der Waals surface area contributed by atoms with Crippen molar-refractivity contribution in [1.82, 2.24) is 14.7 Å². The van der Waals surface area contributed by atoms with Crippen LogP contribution in [0.5, 0.6) is 11.5 Å². The van der Waals surface area contributed by atoms with Crippen molar-refractivity contribution in [1.29, 1.82) is 0 Å². The van der Waals surface area contributed by atoms with Gasteiger partial charge in [0, 0.05) is 12.6 Å². The van der Waals surface area contributed by atoms with E-state index in [9.17, 15) is 4.79 Å². The van der Waals surface area contributed by atoms with E-state index in [0.717, 1.165) is 33.7 Å². The summed E-state index contributed by atoms with van der Waals surface area (Å²) < 4.78 is 7.09. The number of ether oxygens (including phenoxy) is 1. The van der Waals surface area contributed by atoms with E-state index in [0.29, 0.717) is 17.9 Å². The van der Waals surface area contributed by atoms with Gasteiger partial charge in [-0.25, -0.2) is 9.97 Å². The molecule has 2 heterocycles. The van der Waals surface area contributed by atoms with Crippen LogP contribution in [0.15, 0.2) is 102 Å². The van der Waals surface area contributed by atoms with Gasteiger partial charge in [-0.2, -0.15) is 0 Å². The lowest BCUT2D eigenvalue weighted by Gasteiger charge is -2.15. The van der Waals surface area contributed by atoms with Crippen molar-refractivity contribution in [2.45, 2.75) is 20.1 Å². The Kier molecular flexibility index (Phi) is 6.39. The van der Waals surface area contributed by atoms with Gasteiger partial charge in [0.2, 0.25) is 0 Å². The first-order chi connectivity index (χ1) is 17.2. The Morgan fingerprint density at radius 3 is 2.26 bits per heavy atom. The molecule has 3 aromatic carbocycles. The molecule has 1 N–H and O–H groups in total. The molecule has 5 aromatic rings. The molecule has 0 aliphatic carbocycles. The van der Waals surface area contributed by atoms with Crippen molar-refractivity contribution in [3.05, 3.63) is 124 Å². The van der Waals surface area contributed by atoms with E-state index in [4.69, 9.17) is 9.57 Å². The third-order valence-corrected chi connectivity index (χ3v) is 5.53. The van der Waals surface area contributed by atoms with E-state index in [2.05, 4.69) is 15.3 Å². The molecule has 0 bridgehead atoms. The molecule has 174 valence electrons. The zero-order chi connectivity index (χ0) is 24.0. The van der Waals surface area contributed by atoms with Gasteiger partial charge in [-0.1, -0.05) is 60.7 Å². The van der Waals surface area contributed by atoms with Gasteiger partial charge in [-0.3, -0.25) is 4.79 Å². The van der Waals surface area contributed by atoms with Crippen molar-refractivity contribution < 1.29 is 9.57 Å². The molecule has 0 amide bonds. The number of aryl methyl sites for hydroxylation is 1. The molecule has 7 nitrogen and oxygen atoms in total. The monoisotopic (exact) mass is 464 g/mol.